The van der Waals surface area contributed by atoms with E-state index in [0.717, 1.165) is 44.9 Å². The molecule has 4 heteroatoms. The topological polar surface area (TPSA) is 35.9 Å². The number of hydrogen-bond acceptors (Lipinski definition) is 4. The number of benzene rings is 1. The molecule has 1 fully saturated rings. The predicted octanol–water partition coefficient (Wildman–Crippen LogP) is 2.23. The molecule has 0 amide bonds. The van der Waals surface area contributed by atoms with E-state index in [1.165, 1.54) is 5.69 Å². The molecule has 118 valence electrons. The first-order chi connectivity index (χ1) is 10.1. The van der Waals surface area contributed by atoms with E-state index in [1.807, 2.05) is 12.1 Å². The van der Waals surface area contributed by atoms with E-state index < -0.39 is 0 Å². The summed E-state index contributed by atoms with van der Waals surface area (Å²) in [5.41, 5.74) is 1.26. The number of aliphatic hydroxyl groups is 1. The van der Waals surface area contributed by atoms with Gasteiger partial charge in [-0.25, -0.2) is 0 Å². The van der Waals surface area contributed by atoms with E-state index in [9.17, 15) is 5.11 Å². The smallest absolute Gasteiger partial charge is 0.120 e. The van der Waals surface area contributed by atoms with Crippen LogP contribution in [-0.2, 0) is 0 Å². The number of hydrogen-bond donors (Lipinski definition) is 1. The molecule has 0 aromatic heterocycles. The maximum absolute atomic E-state index is 9.55. The van der Waals surface area contributed by atoms with E-state index in [2.05, 4.69) is 35.8 Å². The molecule has 1 aromatic rings. The van der Waals surface area contributed by atoms with E-state index in [4.69, 9.17) is 4.74 Å². The minimum absolute atomic E-state index is 0.0259. The largest absolute Gasteiger partial charge is 0.497 e. The predicted molar refractivity (Wildman–Crippen MR) is 87.1 cm³/mol. The number of piperazine rings is 1. The lowest BCUT2D eigenvalue weighted by Gasteiger charge is -2.40. The number of rotatable bonds is 6. The first-order valence-electron chi connectivity index (χ1n) is 7.82. The molecule has 21 heavy (non-hydrogen) atoms. The Morgan fingerprint density at radius 2 is 1.95 bits per heavy atom. The van der Waals surface area contributed by atoms with E-state index in [1.54, 1.807) is 7.11 Å². The standard InChI is InChI=1S/C17H28N2O2/c1-4-17(2,14-20)13-18-8-10-19(11-9-18)15-6-5-7-16(12-15)21-3/h5-7,12,20H,4,8-11,13-14H2,1-3H3. The molecule has 0 aliphatic carbocycles. The molecule has 1 N–H and O–H groups in total. The third-order valence-electron chi connectivity index (χ3n) is 4.63. The third-order valence-corrected chi connectivity index (χ3v) is 4.63. The lowest BCUT2D eigenvalue weighted by Crippen LogP contribution is -2.50. The van der Waals surface area contributed by atoms with Gasteiger partial charge in [0.1, 0.15) is 5.75 Å². The minimum Gasteiger partial charge on any atom is -0.497 e. The summed E-state index contributed by atoms with van der Waals surface area (Å²) in [6.07, 6.45) is 1.01. The molecule has 1 aliphatic rings. The zero-order valence-corrected chi connectivity index (χ0v) is 13.5. The Kier molecular flexibility index (Phi) is 5.48. The molecule has 4 nitrogen and oxygen atoms in total. The van der Waals surface area contributed by atoms with Crippen LogP contribution in [0.4, 0.5) is 5.69 Å². The summed E-state index contributed by atoms with van der Waals surface area (Å²) in [6, 6.07) is 8.26. The molecule has 0 saturated carbocycles. The van der Waals surface area contributed by atoms with Gasteiger partial charge in [-0.1, -0.05) is 19.9 Å². The third kappa shape index (κ3) is 4.11. The van der Waals surface area contributed by atoms with E-state index in [-0.39, 0.29) is 12.0 Å². The van der Waals surface area contributed by atoms with Crippen molar-refractivity contribution in [3.63, 3.8) is 0 Å². The Labute approximate surface area is 128 Å². The van der Waals surface area contributed by atoms with Crippen molar-refractivity contribution in [2.75, 3.05) is 51.3 Å². The number of ether oxygens (including phenoxy) is 1. The Morgan fingerprint density at radius 1 is 1.24 bits per heavy atom. The van der Waals surface area contributed by atoms with Crippen LogP contribution in [0.25, 0.3) is 0 Å². The van der Waals surface area contributed by atoms with Gasteiger partial charge < -0.3 is 14.7 Å². The van der Waals surface area contributed by atoms with Crippen LogP contribution >= 0.6 is 0 Å². The summed E-state index contributed by atoms with van der Waals surface area (Å²) in [6.45, 7) is 9.71. The zero-order valence-electron chi connectivity index (χ0n) is 13.5. The van der Waals surface area contributed by atoms with Gasteiger partial charge in [-0.05, 0) is 18.6 Å². The van der Waals surface area contributed by atoms with E-state index >= 15 is 0 Å². The van der Waals surface area contributed by atoms with Crippen molar-refractivity contribution in [2.24, 2.45) is 5.41 Å². The molecule has 2 rings (SSSR count). The van der Waals surface area contributed by atoms with Gasteiger partial charge in [-0.3, -0.25) is 4.90 Å². The lowest BCUT2D eigenvalue weighted by molar-refractivity contribution is 0.0818. The molecule has 1 unspecified atom stereocenters. The first kappa shape index (κ1) is 16.1. The maximum Gasteiger partial charge on any atom is 0.120 e. The average molecular weight is 292 g/mol. The molecule has 1 aromatic carbocycles. The minimum atomic E-state index is 0.0259. The summed E-state index contributed by atoms with van der Waals surface area (Å²) in [5, 5.41) is 9.55. The molecule has 0 bridgehead atoms. The van der Waals surface area contributed by atoms with Crippen molar-refractivity contribution >= 4 is 5.69 Å². The van der Waals surface area contributed by atoms with Gasteiger partial charge in [0.15, 0.2) is 0 Å². The molecule has 0 radical (unpaired) electrons. The number of aliphatic hydroxyl groups excluding tert-OH is 1. The molecular weight excluding hydrogens is 264 g/mol. The van der Waals surface area contributed by atoms with Crippen LogP contribution in [-0.4, -0.2) is 56.4 Å². The second-order valence-electron chi connectivity index (χ2n) is 6.29. The number of methoxy groups -OCH3 is 1. The van der Waals surface area contributed by atoms with Crippen LogP contribution in [0, 0.1) is 5.41 Å². The van der Waals surface area contributed by atoms with Gasteiger partial charge in [0, 0.05) is 56.5 Å². The second-order valence-corrected chi connectivity index (χ2v) is 6.29. The fourth-order valence-electron chi connectivity index (χ4n) is 2.78. The molecule has 1 aliphatic heterocycles. The molecule has 1 saturated heterocycles. The summed E-state index contributed by atoms with van der Waals surface area (Å²) >= 11 is 0. The van der Waals surface area contributed by atoms with Crippen LogP contribution in [0.15, 0.2) is 24.3 Å². The van der Waals surface area contributed by atoms with Crippen molar-refractivity contribution in [2.45, 2.75) is 20.3 Å². The summed E-state index contributed by atoms with van der Waals surface area (Å²) in [5.74, 6) is 0.911. The summed E-state index contributed by atoms with van der Waals surface area (Å²) in [7, 11) is 1.71. The van der Waals surface area contributed by atoms with Crippen molar-refractivity contribution < 1.29 is 9.84 Å². The number of anilines is 1. The lowest BCUT2D eigenvalue weighted by atomic mass is 9.88. The fourth-order valence-corrected chi connectivity index (χ4v) is 2.78. The summed E-state index contributed by atoms with van der Waals surface area (Å²) in [4.78, 5) is 4.87. The van der Waals surface area contributed by atoms with Crippen molar-refractivity contribution in [3.05, 3.63) is 24.3 Å². The van der Waals surface area contributed by atoms with Gasteiger partial charge in [0.05, 0.1) is 7.11 Å². The van der Waals surface area contributed by atoms with Gasteiger partial charge in [-0.15, -0.1) is 0 Å². The normalized spacial score (nSPS) is 19.3. The highest BCUT2D eigenvalue weighted by Crippen LogP contribution is 2.25. The summed E-state index contributed by atoms with van der Waals surface area (Å²) < 4.78 is 5.30. The Hall–Kier alpha value is -1.26. The zero-order chi connectivity index (χ0) is 15.3. The Bertz CT molecular complexity index is 438. The first-order valence-corrected chi connectivity index (χ1v) is 7.82. The van der Waals surface area contributed by atoms with Gasteiger partial charge in [0.2, 0.25) is 0 Å². The highest BCUT2D eigenvalue weighted by Gasteiger charge is 2.26. The van der Waals surface area contributed by atoms with Crippen molar-refractivity contribution in [1.82, 2.24) is 4.90 Å². The number of nitrogens with zero attached hydrogens (tertiary/aromatic N) is 2. The van der Waals surface area contributed by atoms with Crippen molar-refractivity contribution in [3.8, 4) is 5.75 Å². The maximum atomic E-state index is 9.55. The van der Waals surface area contributed by atoms with Crippen LogP contribution in [0.3, 0.4) is 0 Å². The van der Waals surface area contributed by atoms with Crippen LogP contribution in [0.1, 0.15) is 20.3 Å². The molecule has 1 atom stereocenters. The van der Waals surface area contributed by atoms with Crippen molar-refractivity contribution in [1.29, 1.82) is 0 Å². The quantitative estimate of drug-likeness (QED) is 0.872. The van der Waals surface area contributed by atoms with Crippen LogP contribution in [0.5, 0.6) is 5.75 Å². The molecule has 0 spiro atoms. The molecular formula is C17H28N2O2. The van der Waals surface area contributed by atoms with E-state index in [0.29, 0.717) is 0 Å². The Morgan fingerprint density at radius 3 is 2.52 bits per heavy atom. The van der Waals surface area contributed by atoms with Gasteiger partial charge >= 0.3 is 0 Å². The van der Waals surface area contributed by atoms with Crippen LogP contribution < -0.4 is 9.64 Å². The molecule has 1 heterocycles. The monoisotopic (exact) mass is 292 g/mol. The van der Waals surface area contributed by atoms with Gasteiger partial charge in [0.25, 0.3) is 0 Å². The Balaban J connectivity index is 1.91. The van der Waals surface area contributed by atoms with Crippen LogP contribution in [0.2, 0.25) is 0 Å². The van der Waals surface area contributed by atoms with Gasteiger partial charge in [-0.2, -0.15) is 0 Å². The SMILES string of the molecule is CCC(C)(CO)CN1CCN(c2cccc(OC)c2)CC1. The fraction of sp³-hybridized carbons (Fsp3) is 0.647. The average Bonchev–Trinajstić information content (AvgIpc) is 2.55. The highest BCUT2D eigenvalue weighted by atomic mass is 16.5. The second kappa shape index (κ2) is 7.14. The highest BCUT2D eigenvalue weighted by molar-refractivity contribution is 5.51.